The first-order valence-electron chi connectivity index (χ1n) is 11.8. The fourth-order valence-electron chi connectivity index (χ4n) is 4.69. The first-order valence-corrected chi connectivity index (χ1v) is 11.8. The van der Waals surface area contributed by atoms with Crippen LogP contribution in [0.5, 0.6) is 5.75 Å². The van der Waals surface area contributed by atoms with Crippen LogP contribution < -0.4 is 20.5 Å². The summed E-state index contributed by atoms with van der Waals surface area (Å²) in [5.41, 5.74) is 3.67. The molecule has 1 aliphatic rings. The van der Waals surface area contributed by atoms with Crippen LogP contribution in [-0.2, 0) is 13.6 Å². The van der Waals surface area contributed by atoms with Crippen LogP contribution in [0.25, 0.3) is 22.0 Å². The van der Waals surface area contributed by atoms with Gasteiger partial charge >= 0.3 is 6.61 Å². The van der Waals surface area contributed by atoms with Crippen molar-refractivity contribution >= 4 is 16.9 Å². The predicted molar refractivity (Wildman–Crippen MR) is 135 cm³/mol. The van der Waals surface area contributed by atoms with E-state index in [0.29, 0.717) is 28.5 Å². The minimum Gasteiger partial charge on any atom is -0.434 e. The zero-order valence-electron chi connectivity index (χ0n) is 20.4. The quantitative estimate of drug-likeness (QED) is 0.442. The number of ether oxygens (including phenoxy) is 1. The molecule has 1 atom stereocenters. The third-order valence-electron chi connectivity index (χ3n) is 6.54. The number of piperazine rings is 1. The maximum absolute atomic E-state index is 13.0. The van der Waals surface area contributed by atoms with Gasteiger partial charge in [0.2, 0.25) is 5.95 Å². The number of hydrogen-bond donors (Lipinski definition) is 1. The van der Waals surface area contributed by atoms with Gasteiger partial charge in [-0.05, 0) is 37.6 Å². The molecule has 188 valence electrons. The lowest BCUT2D eigenvalue weighted by Gasteiger charge is -2.31. The average Bonchev–Trinajstić information content (AvgIpc) is 3.10. The largest absolute Gasteiger partial charge is 0.434 e. The van der Waals surface area contributed by atoms with Crippen molar-refractivity contribution in [2.75, 3.05) is 24.5 Å². The van der Waals surface area contributed by atoms with E-state index in [2.05, 4.69) is 27.1 Å². The lowest BCUT2D eigenvalue weighted by atomic mass is 10.1. The first-order chi connectivity index (χ1) is 17.3. The molecule has 0 unspecified atom stereocenters. The van der Waals surface area contributed by atoms with Gasteiger partial charge in [-0.15, -0.1) is 0 Å². The summed E-state index contributed by atoms with van der Waals surface area (Å²) < 4.78 is 34.0. The zero-order valence-corrected chi connectivity index (χ0v) is 20.4. The third-order valence-corrected chi connectivity index (χ3v) is 6.54. The molecule has 0 radical (unpaired) electrons. The van der Waals surface area contributed by atoms with Crippen molar-refractivity contribution in [2.45, 2.75) is 33.0 Å². The van der Waals surface area contributed by atoms with Crippen LogP contribution in [0.15, 0.2) is 53.6 Å². The minimum absolute atomic E-state index is 0.0901. The highest BCUT2D eigenvalue weighted by atomic mass is 19.3. The highest BCUT2D eigenvalue weighted by molar-refractivity contribution is 5.84. The van der Waals surface area contributed by atoms with Gasteiger partial charge in [0.25, 0.3) is 5.56 Å². The molecule has 8 nitrogen and oxygen atoms in total. The van der Waals surface area contributed by atoms with Crippen LogP contribution >= 0.6 is 0 Å². The molecule has 2 aromatic heterocycles. The summed E-state index contributed by atoms with van der Waals surface area (Å²) in [7, 11) is 1.66. The van der Waals surface area contributed by atoms with E-state index in [1.807, 2.05) is 19.1 Å². The summed E-state index contributed by atoms with van der Waals surface area (Å²) in [6, 6.07) is 11.0. The van der Waals surface area contributed by atoms with Gasteiger partial charge in [0, 0.05) is 56.2 Å². The van der Waals surface area contributed by atoms with Gasteiger partial charge in [0.15, 0.2) is 0 Å². The molecule has 5 rings (SSSR count). The lowest BCUT2D eigenvalue weighted by molar-refractivity contribution is -0.0505. The summed E-state index contributed by atoms with van der Waals surface area (Å²) in [5, 5.41) is 3.95. The van der Waals surface area contributed by atoms with Crippen LogP contribution in [0.2, 0.25) is 0 Å². The summed E-state index contributed by atoms with van der Waals surface area (Å²) in [6.45, 7) is 3.86. The Morgan fingerprint density at radius 1 is 1.14 bits per heavy atom. The second-order valence-corrected chi connectivity index (χ2v) is 9.18. The molecule has 0 spiro atoms. The summed E-state index contributed by atoms with van der Waals surface area (Å²) in [6.07, 6.45) is 3.58. The van der Waals surface area contributed by atoms with Crippen LogP contribution in [0, 0.1) is 6.92 Å². The summed E-state index contributed by atoms with van der Waals surface area (Å²) in [5.74, 6) is 0.781. The molecule has 1 N–H and O–H groups in total. The van der Waals surface area contributed by atoms with Crippen molar-refractivity contribution in [3.05, 3.63) is 70.3 Å². The van der Waals surface area contributed by atoms with Gasteiger partial charge in [-0.1, -0.05) is 23.8 Å². The van der Waals surface area contributed by atoms with Crippen LogP contribution in [-0.4, -0.2) is 51.6 Å². The number of benzene rings is 2. The van der Waals surface area contributed by atoms with E-state index in [1.165, 1.54) is 10.7 Å². The smallest absolute Gasteiger partial charge is 0.387 e. The van der Waals surface area contributed by atoms with Gasteiger partial charge < -0.3 is 15.0 Å². The molecule has 0 bridgehead atoms. The number of anilines is 1. The predicted octanol–water partition coefficient (Wildman–Crippen LogP) is 3.55. The number of aromatic nitrogens is 4. The summed E-state index contributed by atoms with van der Waals surface area (Å²) in [4.78, 5) is 24.2. The third kappa shape index (κ3) is 4.68. The van der Waals surface area contributed by atoms with Crippen molar-refractivity contribution < 1.29 is 13.5 Å². The molecular formula is C26H28F2N6O2. The monoisotopic (exact) mass is 494 g/mol. The van der Waals surface area contributed by atoms with E-state index in [1.54, 1.807) is 42.3 Å². The van der Waals surface area contributed by atoms with Gasteiger partial charge in [0.05, 0.1) is 17.4 Å². The van der Waals surface area contributed by atoms with E-state index < -0.39 is 6.61 Å². The Hall–Kier alpha value is -3.79. The molecule has 1 saturated heterocycles. The van der Waals surface area contributed by atoms with E-state index in [-0.39, 0.29) is 17.9 Å². The summed E-state index contributed by atoms with van der Waals surface area (Å²) >= 11 is 0. The maximum atomic E-state index is 13.0. The first kappa shape index (κ1) is 23.9. The van der Waals surface area contributed by atoms with Crippen LogP contribution in [0.1, 0.15) is 18.1 Å². The topological polar surface area (TPSA) is 77.2 Å². The Bertz CT molecular complexity index is 1450. The molecule has 3 heterocycles. The molecule has 0 amide bonds. The Kier molecular flexibility index (Phi) is 6.44. The average molecular weight is 495 g/mol. The number of alkyl halides is 2. The van der Waals surface area contributed by atoms with Crippen molar-refractivity contribution in [2.24, 2.45) is 7.05 Å². The van der Waals surface area contributed by atoms with E-state index >= 15 is 0 Å². The van der Waals surface area contributed by atoms with Gasteiger partial charge in [0.1, 0.15) is 5.75 Å². The Balaban J connectivity index is 1.50. The molecule has 36 heavy (non-hydrogen) atoms. The normalized spacial score (nSPS) is 16.2. The van der Waals surface area contributed by atoms with Gasteiger partial charge in [-0.2, -0.15) is 8.78 Å². The second kappa shape index (κ2) is 9.69. The number of fused-ring (bicyclic) bond motifs is 1. The van der Waals surface area contributed by atoms with Crippen molar-refractivity contribution in [1.82, 2.24) is 24.6 Å². The fourth-order valence-corrected chi connectivity index (χ4v) is 4.69. The number of nitrogens with zero attached hydrogens (tertiary/aromatic N) is 5. The van der Waals surface area contributed by atoms with Crippen molar-refractivity contribution in [3.8, 4) is 16.9 Å². The number of hydrogen-bond acceptors (Lipinski definition) is 6. The van der Waals surface area contributed by atoms with Crippen LogP contribution in [0.3, 0.4) is 0 Å². The SMILES string of the molecule is Cc1ccc(OC(F)F)c(Cn2c3cc(-c4cnc(N5CCN[C@H](C)C5)nc4)ccc3c(=O)n2C)c1. The molecule has 2 aromatic carbocycles. The Morgan fingerprint density at radius 3 is 2.64 bits per heavy atom. The second-order valence-electron chi connectivity index (χ2n) is 9.18. The molecule has 0 saturated carbocycles. The fraction of sp³-hybridized carbons (Fsp3) is 0.346. The Labute approximate surface area is 207 Å². The lowest BCUT2D eigenvalue weighted by Crippen LogP contribution is -2.49. The highest BCUT2D eigenvalue weighted by Gasteiger charge is 2.19. The number of rotatable bonds is 6. The molecular weight excluding hydrogens is 466 g/mol. The van der Waals surface area contributed by atoms with E-state index in [9.17, 15) is 13.6 Å². The molecule has 4 aromatic rings. The van der Waals surface area contributed by atoms with Gasteiger partial charge in [-0.25, -0.2) is 9.97 Å². The highest BCUT2D eigenvalue weighted by Crippen LogP contribution is 2.27. The van der Waals surface area contributed by atoms with Crippen molar-refractivity contribution in [1.29, 1.82) is 0 Å². The molecule has 1 fully saturated rings. The van der Waals surface area contributed by atoms with Gasteiger partial charge in [-0.3, -0.25) is 14.2 Å². The standard InChI is InChI=1S/C26H28F2N6O2/c1-16-4-7-23(36-25(27)28)19(10-16)15-34-22-11-18(5-6-21(22)24(35)32(34)3)20-12-30-26(31-13-20)33-9-8-29-17(2)14-33/h4-7,10-13,17,25,29H,8-9,14-15H2,1-3H3/t17-/m1/s1. The minimum atomic E-state index is -2.93. The Morgan fingerprint density at radius 2 is 1.92 bits per heavy atom. The number of halogens is 2. The van der Waals surface area contributed by atoms with Crippen LogP contribution in [0.4, 0.5) is 14.7 Å². The zero-order chi connectivity index (χ0) is 25.4. The molecule has 0 aliphatic carbocycles. The molecule has 1 aliphatic heterocycles. The maximum Gasteiger partial charge on any atom is 0.387 e. The molecule has 10 heteroatoms. The van der Waals surface area contributed by atoms with E-state index in [0.717, 1.165) is 36.3 Å². The van der Waals surface area contributed by atoms with Crippen molar-refractivity contribution in [3.63, 3.8) is 0 Å². The van der Waals surface area contributed by atoms with E-state index in [4.69, 9.17) is 4.74 Å². The number of aryl methyl sites for hydroxylation is 1. The number of nitrogens with one attached hydrogen (secondary N) is 1.